The van der Waals surface area contributed by atoms with Gasteiger partial charge < -0.3 is 15.4 Å². The average Bonchev–Trinajstić information content (AvgIpc) is 2.61. The number of hydrogen-bond acceptors (Lipinski definition) is 4. The summed E-state index contributed by atoms with van der Waals surface area (Å²) in [7, 11) is 1.52. The van der Waals surface area contributed by atoms with Crippen molar-refractivity contribution < 1.29 is 14.3 Å². The molecule has 0 aliphatic carbocycles. The SMILES string of the molecule is COc1cc(Cl)c(C)cc1NC(=O)CSCC(=O)Nc1ccc(C)c(C)c1. The van der Waals surface area contributed by atoms with Gasteiger partial charge in [0.1, 0.15) is 5.75 Å². The number of methoxy groups -OCH3 is 1. The van der Waals surface area contributed by atoms with E-state index in [4.69, 9.17) is 16.3 Å². The maximum absolute atomic E-state index is 12.1. The van der Waals surface area contributed by atoms with E-state index in [0.29, 0.717) is 16.5 Å². The van der Waals surface area contributed by atoms with Crippen LogP contribution in [0.15, 0.2) is 30.3 Å². The summed E-state index contributed by atoms with van der Waals surface area (Å²) in [6, 6.07) is 9.19. The van der Waals surface area contributed by atoms with Crippen LogP contribution in [-0.2, 0) is 9.59 Å². The van der Waals surface area contributed by atoms with Gasteiger partial charge in [-0.3, -0.25) is 9.59 Å². The Hall–Kier alpha value is -2.18. The molecule has 0 heterocycles. The summed E-state index contributed by atoms with van der Waals surface area (Å²) in [6.45, 7) is 5.87. The van der Waals surface area contributed by atoms with Crippen LogP contribution in [0.3, 0.4) is 0 Å². The molecule has 7 heteroatoms. The molecule has 0 spiro atoms. The largest absolute Gasteiger partial charge is 0.495 e. The van der Waals surface area contributed by atoms with Gasteiger partial charge in [-0.15, -0.1) is 11.8 Å². The second-order valence-electron chi connectivity index (χ2n) is 6.19. The number of nitrogens with one attached hydrogen (secondary N) is 2. The first-order valence-corrected chi connectivity index (χ1v) is 9.92. The monoisotopic (exact) mass is 406 g/mol. The van der Waals surface area contributed by atoms with E-state index >= 15 is 0 Å². The molecular formula is C20H23ClN2O3S. The Kier molecular flexibility index (Phi) is 7.56. The molecule has 0 saturated heterocycles. The maximum atomic E-state index is 12.1. The Morgan fingerprint density at radius 1 is 0.963 bits per heavy atom. The van der Waals surface area contributed by atoms with Crippen LogP contribution in [0.4, 0.5) is 11.4 Å². The topological polar surface area (TPSA) is 67.4 Å². The van der Waals surface area contributed by atoms with Gasteiger partial charge in [0.2, 0.25) is 11.8 Å². The van der Waals surface area contributed by atoms with Gasteiger partial charge in [0.15, 0.2) is 0 Å². The molecule has 0 radical (unpaired) electrons. The number of carbonyl (C=O) groups excluding carboxylic acids is 2. The van der Waals surface area contributed by atoms with Gasteiger partial charge in [-0.2, -0.15) is 0 Å². The third-order valence-electron chi connectivity index (χ3n) is 4.01. The predicted octanol–water partition coefficient (Wildman–Crippen LogP) is 4.58. The van der Waals surface area contributed by atoms with E-state index in [1.165, 1.54) is 24.4 Å². The number of anilines is 2. The van der Waals surface area contributed by atoms with Crippen LogP contribution in [0.2, 0.25) is 5.02 Å². The van der Waals surface area contributed by atoms with Gasteiger partial charge in [0, 0.05) is 16.8 Å². The van der Waals surface area contributed by atoms with Crippen molar-refractivity contribution in [1.82, 2.24) is 0 Å². The second kappa shape index (κ2) is 9.67. The molecular weight excluding hydrogens is 384 g/mol. The normalized spacial score (nSPS) is 10.4. The number of ether oxygens (including phenoxy) is 1. The van der Waals surface area contributed by atoms with Crippen molar-refractivity contribution in [1.29, 1.82) is 0 Å². The highest BCUT2D eigenvalue weighted by molar-refractivity contribution is 8.00. The molecule has 2 rings (SSSR count). The fraction of sp³-hybridized carbons (Fsp3) is 0.300. The van der Waals surface area contributed by atoms with E-state index in [9.17, 15) is 9.59 Å². The van der Waals surface area contributed by atoms with Crippen molar-refractivity contribution in [3.8, 4) is 5.75 Å². The fourth-order valence-corrected chi connectivity index (χ4v) is 3.14. The first-order valence-electron chi connectivity index (χ1n) is 8.39. The molecule has 2 aromatic carbocycles. The van der Waals surface area contributed by atoms with Gasteiger partial charge in [0.05, 0.1) is 24.3 Å². The number of halogens is 1. The molecule has 2 amide bonds. The van der Waals surface area contributed by atoms with Crippen LogP contribution < -0.4 is 15.4 Å². The zero-order valence-corrected chi connectivity index (χ0v) is 17.4. The highest BCUT2D eigenvalue weighted by Crippen LogP contribution is 2.31. The lowest BCUT2D eigenvalue weighted by molar-refractivity contribution is -0.114. The van der Waals surface area contributed by atoms with Crippen molar-refractivity contribution in [2.75, 3.05) is 29.2 Å². The lowest BCUT2D eigenvalue weighted by atomic mass is 10.1. The van der Waals surface area contributed by atoms with E-state index < -0.39 is 0 Å². The lowest BCUT2D eigenvalue weighted by Gasteiger charge is -2.12. The summed E-state index contributed by atoms with van der Waals surface area (Å²) >= 11 is 7.31. The third kappa shape index (κ3) is 6.19. The van der Waals surface area contributed by atoms with Crippen molar-refractivity contribution in [3.63, 3.8) is 0 Å². The van der Waals surface area contributed by atoms with Gasteiger partial charge in [0.25, 0.3) is 0 Å². The third-order valence-corrected chi connectivity index (χ3v) is 5.35. The lowest BCUT2D eigenvalue weighted by Crippen LogP contribution is -2.18. The number of hydrogen-bond donors (Lipinski definition) is 2. The van der Waals surface area contributed by atoms with Gasteiger partial charge >= 0.3 is 0 Å². The van der Waals surface area contributed by atoms with Crippen LogP contribution >= 0.6 is 23.4 Å². The van der Waals surface area contributed by atoms with Gasteiger partial charge in [-0.05, 0) is 55.7 Å². The molecule has 2 N–H and O–H groups in total. The quantitative estimate of drug-likeness (QED) is 0.706. The number of carbonyl (C=O) groups is 2. The Labute approximate surface area is 168 Å². The van der Waals surface area contributed by atoms with E-state index in [-0.39, 0.29) is 23.3 Å². The highest BCUT2D eigenvalue weighted by Gasteiger charge is 2.11. The first kappa shape index (κ1) is 21.1. The molecule has 0 aliphatic heterocycles. The molecule has 0 aliphatic rings. The minimum absolute atomic E-state index is 0.143. The Balaban J connectivity index is 1.83. The summed E-state index contributed by atoms with van der Waals surface area (Å²) < 4.78 is 5.24. The van der Waals surface area contributed by atoms with Crippen molar-refractivity contribution in [2.24, 2.45) is 0 Å². The molecule has 5 nitrogen and oxygen atoms in total. The van der Waals surface area contributed by atoms with E-state index in [0.717, 1.165) is 16.8 Å². The minimum Gasteiger partial charge on any atom is -0.495 e. The Morgan fingerprint density at radius 2 is 1.63 bits per heavy atom. The van der Waals surface area contributed by atoms with E-state index in [1.807, 2.05) is 39.0 Å². The van der Waals surface area contributed by atoms with Crippen LogP contribution in [0.1, 0.15) is 16.7 Å². The summed E-state index contributed by atoms with van der Waals surface area (Å²) in [5.74, 6) is 0.494. The maximum Gasteiger partial charge on any atom is 0.234 e. The summed E-state index contributed by atoms with van der Waals surface area (Å²) in [5, 5.41) is 6.20. The second-order valence-corrected chi connectivity index (χ2v) is 7.58. The molecule has 2 aromatic rings. The standard InChI is InChI=1S/C20H23ClN2O3S/c1-12-5-6-15(7-13(12)2)22-19(24)10-27-11-20(25)23-17-8-14(3)16(21)9-18(17)26-4/h5-9H,10-11H2,1-4H3,(H,22,24)(H,23,25). The molecule has 144 valence electrons. The smallest absolute Gasteiger partial charge is 0.234 e. The van der Waals surface area contributed by atoms with Crippen molar-refractivity contribution >= 4 is 46.6 Å². The predicted molar refractivity (Wildman–Crippen MR) is 113 cm³/mol. The fourth-order valence-electron chi connectivity index (χ4n) is 2.37. The molecule has 27 heavy (non-hydrogen) atoms. The number of rotatable bonds is 7. The zero-order chi connectivity index (χ0) is 20.0. The van der Waals surface area contributed by atoms with Crippen molar-refractivity contribution in [3.05, 3.63) is 52.0 Å². The van der Waals surface area contributed by atoms with E-state index in [1.54, 1.807) is 12.1 Å². The first-order chi connectivity index (χ1) is 12.8. The van der Waals surface area contributed by atoms with Gasteiger partial charge in [-0.25, -0.2) is 0 Å². The van der Waals surface area contributed by atoms with E-state index in [2.05, 4.69) is 10.6 Å². The average molecular weight is 407 g/mol. The number of amides is 2. The highest BCUT2D eigenvalue weighted by atomic mass is 35.5. The van der Waals surface area contributed by atoms with Crippen LogP contribution in [0, 0.1) is 20.8 Å². The van der Waals surface area contributed by atoms with Crippen LogP contribution in [0.5, 0.6) is 5.75 Å². The van der Waals surface area contributed by atoms with Crippen molar-refractivity contribution in [2.45, 2.75) is 20.8 Å². The molecule has 0 bridgehead atoms. The summed E-state index contributed by atoms with van der Waals surface area (Å²) in [6.07, 6.45) is 0. The molecule has 0 unspecified atom stereocenters. The summed E-state index contributed by atoms with van der Waals surface area (Å²) in [4.78, 5) is 24.2. The molecule has 0 aromatic heterocycles. The molecule has 0 atom stereocenters. The Bertz CT molecular complexity index is 855. The zero-order valence-electron chi connectivity index (χ0n) is 15.8. The van der Waals surface area contributed by atoms with Crippen LogP contribution in [0.25, 0.3) is 0 Å². The minimum atomic E-state index is -0.209. The number of thioether (sulfide) groups is 1. The number of benzene rings is 2. The van der Waals surface area contributed by atoms with Crippen LogP contribution in [-0.4, -0.2) is 30.4 Å². The molecule has 0 fully saturated rings. The summed E-state index contributed by atoms with van der Waals surface area (Å²) in [5.41, 5.74) is 4.45. The van der Waals surface area contributed by atoms with Gasteiger partial charge in [-0.1, -0.05) is 17.7 Å². The Morgan fingerprint density at radius 3 is 2.26 bits per heavy atom. The molecule has 0 saturated carbocycles. The number of aryl methyl sites for hydroxylation is 3.